The first-order valence-electron chi connectivity index (χ1n) is 5.92. The van der Waals surface area contributed by atoms with Crippen LogP contribution in [0.1, 0.15) is 19.3 Å². The molecule has 17 heavy (non-hydrogen) atoms. The van der Waals surface area contributed by atoms with Crippen LogP contribution in [0.3, 0.4) is 0 Å². The lowest BCUT2D eigenvalue weighted by Crippen LogP contribution is -2.34. The number of rotatable bonds is 2. The summed E-state index contributed by atoms with van der Waals surface area (Å²) in [6, 6.07) is 7.42. The molecule has 5 nitrogen and oxygen atoms in total. The lowest BCUT2D eigenvalue weighted by Gasteiger charge is -2.28. The molecule has 0 aromatic heterocycles. The van der Waals surface area contributed by atoms with Crippen molar-refractivity contribution >= 4 is 17.4 Å². The highest BCUT2D eigenvalue weighted by Gasteiger charge is 2.10. The molecular formula is C12H18N4O. The van der Waals surface area contributed by atoms with E-state index in [1.807, 2.05) is 29.7 Å². The molecule has 4 N–H and O–H groups in total. The molecule has 1 aromatic carbocycles. The zero-order chi connectivity index (χ0) is 12.1. The molecule has 1 heterocycles. The number of nitrogens with one attached hydrogen (secondary N) is 2. The van der Waals surface area contributed by atoms with E-state index in [1.165, 1.54) is 24.9 Å². The average molecular weight is 234 g/mol. The highest BCUT2D eigenvalue weighted by atomic mass is 16.2. The third-order valence-electron chi connectivity index (χ3n) is 2.98. The van der Waals surface area contributed by atoms with Gasteiger partial charge in [-0.25, -0.2) is 10.6 Å². The molecule has 1 aromatic rings. The SMILES string of the molecule is NNC(=O)Nc1ccc(N2CCCCC2)cc1. The molecule has 0 bridgehead atoms. The molecule has 1 fully saturated rings. The Kier molecular flexibility index (Phi) is 3.82. The van der Waals surface area contributed by atoms with E-state index in [0.29, 0.717) is 0 Å². The summed E-state index contributed by atoms with van der Waals surface area (Å²) in [6.45, 7) is 2.24. The fourth-order valence-electron chi connectivity index (χ4n) is 2.07. The summed E-state index contributed by atoms with van der Waals surface area (Å²) in [7, 11) is 0. The second-order valence-corrected chi connectivity index (χ2v) is 4.19. The normalized spacial score (nSPS) is 15.5. The van der Waals surface area contributed by atoms with E-state index in [0.717, 1.165) is 18.8 Å². The van der Waals surface area contributed by atoms with Gasteiger partial charge in [0.05, 0.1) is 0 Å². The Morgan fingerprint density at radius 1 is 1.12 bits per heavy atom. The molecule has 2 amide bonds. The number of nitrogens with zero attached hydrogens (tertiary/aromatic N) is 1. The molecule has 0 saturated carbocycles. The number of piperidine rings is 1. The summed E-state index contributed by atoms with van der Waals surface area (Å²) >= 11 is 0. The highest BCUT2D eigenvalue weighted by Crippen LogP contribution is 2.21. The first-order valence-corrected chi connectivity index (χ1v) is 5.92. The molecule has 1 saturated heterocycles. The smallest absolute Gasteiger partial charge is 0.333 e. The summed E-state index contributed by atoms with van der Waals surface area (Å²) in [5.41, 5.74) is 3.99. The summed E-state index contributed by atoms with van der Waals surface area (Å²) in [5, 5.41) is 2.63. The number of amides is 2. The van der Waals surface area contributed by atoms with Crippen LogP contribution in [0.2, 0.25) is 0 Å². The second kappa shape index (κ2) is 5.54. The number of nitrogens with two attached hydrogens (primary N) is 1. The predicted molar refractivity (Wildman–Crippen MR) is 68.8 cm³/mol. The molecule has 0 radical (unpaired) electrons. The highest BCUT2D eigenvalue weighted by molar-refractivity contribution is 5.88. The van der Waals surface area contributed by atoms with Crippen LogP contribution in [0.25, 0.3) is 0 Å². The lowest BCUT2D eigenvalue weighted by molar-refractivity contribution is 0.252. The number of anilines is 2. The van der Waals surface area contributed by atoms with Gasteiger partial charge in [-0.3, -0.25) is 5.43 Å². The number of benzene rings is 1. The van der Waals surface area contributed by atoms with E-state index >= 15 is 0 Å². The largest absolute Gasteiger partial charge is 0.372 e. The van der Waals surface area contributed by atoms with Crippen LogP contribution in [0.4, 0.5) is 16.2 Å². The number of urea groups is 1. The van der Waals surface area contributed by atoms with E-state index in [2.05, 4.69) is 10.2 Å². The fourth-order valence-corrected chi connectivity index (χ4v) is 2.07. The Labute approximate surface area is 101 Å². The molecule has 2 rings (SSSR count). The van der Waals surface area contributed by atoms with Gasteiger partial charge in [-0.2, -0.15) is 0 Å². The Balaban J connectivity index is 1.99. The molecule has 1 aliphatic rings. The van der Waals surface area contributed by atoms with Crippen molar-refractivity contribution in [3.05, 3.63) is 24.3 Å². The lowest BCUT2D eigenvalue weighted by atomic mass is 10.1. The van der Waals surface area contributed by atoms with Gasteiger partial charge < -0.3 is 10.2 Å². The number of carbonyl (C=O) groups excluding carboxylic acids is 1. The van der Waals surface area contributed by atoms with E-state index in [9.17, 15) is 4.79 Å². The minimum Gasteiger partial charge on any atom is -0.372 e. The molecule has 0 aliphatic carbocycles. The number of hydrogen-bond acceptors (Lipinski definition) is 3. The summed E-state index contributed by atoms with van der Waals surface area (Å²) in [5.74, 6) is 5.00. The molecule has 1 aliphatic heterocycles. The third kappa shape index (κ3) is 3.10. The van der Waals surface area contributed by atoms with E-state index < -0.39 is 6.03 Å². The van der Waals surface area contributed by atoms with Crippen molar-refractivity contribution in [2.24, 2.45) is 5.84 Å². The Hall–Kier alpha value is -1.75. The van der Waals surface area contributed by atoms with Crippen LogP contribution in [0, 0.1) is 0 Å². The van der Waals surface area contributed by atoms with Gasteiger partial charge >= 0.3 is 6.03 Å². The van der Waals surface area contributed by atoms with Crippen LogP contribution < -0.4 is 21.5 Å². The zero-order valence-corrected chi connectivity index (χ0v) is 9.78. The van der Waals surface area contributed by atoms with Gasteiger partial charge in [0, 0.05) is 24.5 Å². The van der Waals surface area contributed by atoms with E-state index in [1.54, 1.807) is 0 Å². The van der Waals surface area contributed by atoms with Crippen LogP contribution in [0.15, 0.2) is 24.3 Å². The topological polar surface area (TPSA) is 70.4 Å². The summed E-state index contributed by atoms with van der Waals surface area (Å²) < 4.78 is 0. The number of hydrazine groups is 1. The van der Waals surface area contributed by atoms with E-state index in [4.69, 9.17) is 5.84 Å². The zero-order valence-electron chi connectivity index (χ0n) is 9.78. The summed E-state index contributed by atoms with van der Waals surface area (Å²) in [4.78, 5) is 13.4. The molecular weight excluding hydrogens is 216 g/mol. The van der Waals surface area contributed by atoms with Gasteiger partial charge in [0.2, 0.25) is 0 Å². The maximum Gasteiger partial charge on any atom is 0.333 e. The van der Waals surface area contributed by atoms with Gasteiger partial charge in [-0.1, -0.05) is 0 Å². The van der Waals surface area contributed by atoms with Crippen molar-refractivity contribution in [3.63, 3.8) is 0 Å². The van der Waals surface area contributed by atoms with Crippen molar-refractivity contribution < 1.29 is 4.79 Å². The summed E-state index contributed by atoms with van der Waals surface area (Å²) in [6.07, 6.45) is 3.85. The van der Waals surface area contributed by atoms with E-state index in [-0.39, 0.29) is 0 Å². The molecule has 5 heteroatoms. The molecule has 0 atom stereocenters. The number of hydrogen-bond donors (Lipinski definition) is 3. The molecule has 0 spiro atoms. The average Bonchev–Trinajstić information content (AvgIpc) is 2.40. The predicted octanol–water partition coefficient (Wildman–Crippen LogP) is 1.67. The first kappa shape index (κ1) is 11.7. The van der Waals surface area contributed by atoms with Crippen LogP contribution in [-0.2, 0) is 0 Å². The van der Waals surface area contributed by atoms with Gasteiger partial charge in [0.15, 0.2) is 0 Å². The monoisotopic (exact) mass is 234 g/mol. The Bertz CT molecular complexity index is 371. The Morgan fingerprint density at radius 2 is 1.76 bits per heavy atom. The maximum atomic E-state index is 11.0. The van der Waals surface area contributed by atoms with Gasteiger partial charge in [0.25, 0.3) is 0 Å². The first-order chi connectivity index (χ1) is 8.29. The van der Waals surface area contributed by atoms with Crippen LogP contribution in [0.5, 0.6) is 0 Å². The minimum atomic E-state index is -0.407. The Morgan fingerprint density at radius 3 is 2.35 bits per heavy atom. The van der Waals surface area contributed by atoms with Crippen molar-refractivity contribution in [3.8, 4) is 0 Å². The second-order valence-electron chi connectivity index (χ2n) is 4.19. The minimum absolute atomic E-state index is 0.407. The van der Waals surface area contributed by atoms with Gasteiger partial charge in [-0.05, 0) is 43.5 Å². The maximum absolute atomic E-state index is 11.0. The number of carbonyl (C=O) groups is 1. The van der Waals surface area contributed by atoms with Crippen LogP contribution in [-0.4, -0.2) is 19.1 Å². The molecule has 92 valence electrons. The van der Waals surface area contributed by atoms with Crippen molar-refractivity contribution in [1.29, 1.82) is 0 Å². The van der Waals surface area contributed by atoms with Crippen molar-refractivity contribution in [2.75, 3.05) is 23.3 Å². The van der Waals surface area contributed by atoms with Crippen molar-refractivity contribution in [1.82, 2.24) is 5.43 Å². The van der Waals surface area contributed by atoms with Crippen molar-refractivity contribution in [2.45, 2.75) is 19.3 Å². The quantitative estimate of drug-likeness (QED) is 0.414. The standard InChI is InChI=1S/C12H18N4O/c13-15-12(17)14-10-4-6-11(7-5-10)16-8-2-1-3-9-16/h4-7H,1-3,8-9,13H2,(H2,14,15,17). The third-order valence-corrected chi connectivity index (χ3v) is 2.98. The van der Waals surface area contributed by atoms with Gasteiger partial charge in [0.1, 0.15) is 0 Å². The van der Waals surface area contributed by atoms with Crippen LogP contribution >= 0.6 is 0 Å². The van der Waals surface area contributed by atoms with Gasteiger partial charge in [-0.15, -0.1) is 0 Å². The fraction of sp³-hybridized carbons (Fsp3) is 0.417. The molecule has 0 unspecified atom stereocenters.